The average molecular weight is 350 g/mol. The number of piperazine rings is 1. The summed E-state index contributed by atoms with van der Waals surface area (Å²) in [7, 11) is 0. The first kappa shape index (κ1) is 21.1. The minimum atomic E-state index is -0.253. The number of unbranched alkanes of at least 4 members (excludes halogenated alkanes) is 1. The number of hydrogen-bond acceptors (Lipinski definition) is 4. The number of rotatable bonds is 6. The summed E-state index contributed by atoms with van der Waals surface area (Å²) in [5.74, 6) is 0. The zero-order chi connectivity index (χ0) is 14.4. The van der Waals surface area contributed by atoms with E-state index in [1.807, 2.05) is 12.1 Å². The first-order valence-corrected chi connectivity index (χ1v) is 7.42. The summed E-state index contributed by atoms with van der Waals surface area (Å²) in [5, 5.41) is 14.6. The summed E-state index contributed by atoms with van der Waals surface area (Å²) in [6, 6.07) is 7.36. The molecule has 0 amide bonds. The highest BCUT2D eigenvalue weighted by atomic mass is 35.5. The van der Waals surface area contributed by atoms with E-state index in [0.717, 1.165) is 51.0 Å². The number of nitrogens with zero attached hydrogens (tertiary/aromatic N) is 2. The molecule has 1 aromatic rings. The van der Waals surface area contributed by atoms with Gasteiger partial charge in [-0.3, -0.25) is 15.0 Å². The lowest BCUT2D eigenvalue weighted by molar-refractivity contribution is -0.386. The van der Waals surface area contributed by atoms with Crippen LogP contribution in [0, 0.1) is 10.1 Å². The Bertz CT molecular complexity index is 454. The van der Waals surface area contributed by atoms with E-state index in [4.69, 9.17) is 0 Å². The second-order valence-corrected chi connectivity index (χ2v) is 5.26. The van der Waals surface area contributed by atoms with Crippen LogP contribution in [0.25, 0.3) is 0 Å². The van der Waals surface area contributed by atoms with E-state index < -0.39 is 0 Å². The molecule has 1 aliphatic rings. The maximum atomic E-state index is 11.3. The molecule has 1 heterocycles. The Labute approximate surface area is 144 Å². The standard InChI is InChI=1S/C15H23N3O2.2ClH/c1-2-3-7-14(17-11-9-16-10-12-17)13-6-4-5-8-15(13)18(19)20;;/h4-6,8,14,16H,2-3,7,9-12H2,1H3;2*1H/t14-;;/m0../s1. The largest absolute Gasteiger partial charge is 0.314 e. The lowest BCUT2D eigenvalue weighted by atomic mass is 9.97. The first-order chi connectivity index (χ1) is 9.74. The molecule has 2 rings (SSSR count). The Morgan fingerprint density at radius 3 is 2.50 bits per heavy atom. The molecule has 126 valence electrons. The predicted octanol–water partition coefficient (Wildman–Crippen LogP) is 3.57. The van der Waals surface area contributed by atoms with Crippen molar-refractivity contribution in [3.8, 4) is 0 Å². The molecule has 0 bridgehead atoms. The number of benzene rings is 1. The summed E-state index contributed by atoms with van der Waals surface area (Å²) in [6.07, 6.45) is 3.20. The lowest BCUT2D eigenvalue weighted by Crippen LogP contribution is -2.45. The third kappa shape index (κ3) is 5.39. The van der Waals surface area contributed by atoms with Gasteiger partial charge in [0.25, 0.3) is 5.69 Å². The second kappa shape index (κ2) is 10.8. The maximum Gasteiger partial charge on any atom is 0.274 e. The summed E-state index contributed by atoms with van der Waals surface area (Å²) >= 11 is 0. The van der Waals surface area contributed by atoms with Crippen molar-refractivity contribution in [3.05, 3.63) is 39.9 Å². The molecule has 0 aromatic heterocycles. The van der Waals surface area contributed by atoms with Crippen LogP contribution in [-0.4, -0.2) is 36.0 Å². The highest BCUT2D eigenvalue weighted by molar-refractivity contribution is 5.85. The summed E-state index contributed by atoms with van der Waals surface area (Å²) in [5.41, 5.74) is 1.12. The van der Waals surface area contributed by atoms with Crippen LogP contribution < -0.4 is 5.32 Å². The Morgan fingerprint density at radius 2 is 1.91 bits per heavy atom. The fraction of sp³-hybridized carbons (Fsp3) is 0.600. The Hall–Kier alpha value is -0.880. The van der Waals surface area contributed by atoms with Crippen LogP contribution >= 0.6 is 24.8 Å². The van der Waals surface area contributed by atoms with Crippen LogP contribution in [0.5, 0.6) is 0 Å². The normalized spacial score (nSPS) is 16.2. The van der Waals surface area contributed by atoms with Crippen LogP contribution in [0.2, 0.25) is 0 Å². The maximum absolute atomic E-state index is 11.3. The van der Waals surface area contributed by atoms with E-state index in [1.54, 1.807) is 12.1 Å². The Balaban J connectivity index is 0.00000220. The fourth-order valence-electron chi connectivity index (χ4n) is 2.86. The third-order valence-electron chi connectivity index (χ3n) is 3.92. The number of hydrogen-bond donors (Lipinski definition) is 1. The van der Waals surface area contributed by atoms with Crippen LogP contribution in [0.15, 0.2) is 24.3 Å². The molecule has 1 fully saturated rings. The number of nitro benzene ring substituents is 1. The molecule has 7 heteroatoms. The van der Waals surface area contributed by atoms with Gasteiger partial charge in [0.05, 0.1) is 4.92 Å². The van der Waals surface area contributed by atoms with Gasteiger partial charge in [-0.15, -0.1) is 24.8 Å². The molecule has 1 saturated heterocycles. The Kier molecular flexibility index (Phi) is 10.3. The number of halogens is 2. The molecular formula is C15H25Cl2N3O2. The van der Waals surface area contributed by atoms with Crippen molar-refractivity contribution in [1.82, 2.24) is 10.2 Å². The molecule has 1 atom stereocenters. The predicted molar refractivity (Wildman–Crippen MR) is 94.3 cm³/mol. The summed E-state index contributed by atoms with van der Waals surface area (Å²) in [4.78, 5) is 13.4. The molecule has 1 aromatic carbocycles. The zero-order valence-corrected chi connectivity index (χ0v) is 14.5. The SMILES string of the molecule is CCCC[C@@H](c1ccccc1[N+](=O)[O-])N1CCNCC1.Cl.Cl. The van der Waals surface area contributed by atoms with Crippen molar-refractivity contribution < 1.29 is 4.92 Å². The van der Waals surface area contributed by atoms with Gasteiger partial charge in [-0.2, -0.15) is 0 Å². The Morgan fingerprint density at radius 1 is 1.27 bits per heavy atom. The quantitative estimate of drug-likeness (QED) is 0.629. The van der Waals surface area contributed by atoms with Crippen LogP contribution in [0.1, 0.15) is 37.8 Å². The van der Waals surface area contributed by atoms with Crippen molar-refractivity contribution in [3.63, 3.8) is 0 Å². The molecule has 1 N–H and O–H groups in total. The molecule has 0 spiro atoms. The van der Waals surface area contributed by atoms with E-state index in [-0.39, 0.29) is 41.5 Å². The molecule has 1 aliphatic heterocycles. The molecule has 0 aliphatic carbocycles. The van der Waals surface area contributed by atoms with Crippen molar-refractivity contribution in [2.24, 2.45) is 0 Å². The van der Waals surface area contributed by atoms with Crippen LogP contribution in [0.4, 0.5) is 5.69 Å². The molecule has 22 heavy (non-hydrogen) atoms. The first-order valence-electron chi connectivity index (χ1n) is 7.42. The lowest BCUT2D eigenvalue weighted by Gasteiger charge is -2.35. The van der Waals surface area contributed by atoms with Gasteiger partial charge in [0.2, 0.25) is 0 Å². The highest BCUT2D eigenvalue weighted by Gasteiger charge is 2.27. The fourth-order valence-corrected chi connectivity index (χ4v) is 2.86. The summed E-state index contributed by atoms with van der Waals surface area (Å²) in [6.45, 7) is 6.00. The van der Waals surface area contributed by atoms with Gasteiger partial charge in [-0.05, 0) is 6.42 Å². The monoisotopic (exact) mass is 349 g/mol. The van der Waals surface area contributed by atoms with Crippen molar-refractivity contribution in [1.29, 1.82) is 0 Å². The van der Waals surface area contributed by atoms with E-state index >= 15 is 0 Å². The minimum absolute atomic E-state index is 0. The molecular weight excluding hydrogens is 325 g/mol. The van der Waals surface area contributed by atoms with Gasteiger partial charge < -0.3 is 5.32 Å². The van der Waals surface area contributed by atoms with E-state index in [1.165, 1.54) is 0 Å². The van der Waals surface area contributed by atoms with Gasteiger partial charge in [0.15, 0.2) is 0 Å². The van der Waals surface area contributed by atoms with Gasteiger partial charge >= 0.3 is 0 Å². The van der Waals surface area contributed by atoms with Gasteiger partial charge in [-0.1, -0.05) is 38.0 Å². The second-order valence-electron chi connectivity index (χ2n) is 5.26. The van der Waals surface area contributed by atoms with E-state index in [0.29, 0.717) is 0 Å². The average Bonchev–Trinajstić information content (AvgIpc) is 2.49. The number of nitro groups is 1. The summed E-state index contributed by atoms with van der Waals surface area (Å²) < 4.78 is 0. The molecule has 0 unspecified atom stereocenters. The van der Waals surface area contributed by atoms with Crippen molar-refractivity contribution in [2.45, 2.75) is 32.2 Å². The molecule has 0 radical (unpaired) electrons. The molecule has 0 saturated carbocycles. The van der Waals surface area contributed by atoms with Gasteiger partial charge in [-0.25, -0.2) is 0 Å². The van der Waals surface area contributed by atoms with Crippen LogP contribution in [-0.2, 0) is 0 Å². The number of nitrogens with one attached hydrogen (secondary N) is 1. The van der Waals surface area contributed by atoms with Crippen molar-refractivity contribution >= 4 is 30.5 Å². The number of para-hydroxylation sites is 1. The minimum Gasteiger partial charge on any atom is -0.314 e. The third-order valence-corrected chi connectivity index (χ3v) is 3.92. The van der Waals surface area contributed by atoms with Gasteiger partial charge in [0, 0.05) is 43.9 Å². The van der Waals surface area contributed by atoms with E-state index in [2.05, 4.69) is 17.1 Å². The smallest absolute Gasteiger partial charge is 0.274 e. The van der Waals surface area contributed by atoms with Crippen molar-refractivity contribution in [2.75, 3.05) is 26.2 Å². The van der Waals surface area contributed by atoms with Gasteiger partial charge in [0.1, 0.15) is 0 Å². The topological polar surface area (TPSA) is 58.4 Å². The molecule has 5 nitrogen and oxygen atoms in total. The van der Waals surface area contributed by atoms with E-state index in [9.17, 15) is 10.1 Å². The zero-order valence-electron chi connectivity index (χ0n) is 12.9. The van der Waals surface area contributed by atoms with Crippen LogP contribution in [0.3, 0.4) is 0 Å². The highest BCUT2D eigenvalue weighted by Crippen LogP contribution is 2.33.